The van der Waals surface area contributed by atoms with Gasteiger partial charge in [0.1, 0.15) is 0 Å². The van der Waals surface area contributed by atoms with Crippen molar-refractivity contribution in [1.82, 2.24) is 0 Å². The number of halogens is 3. The summed E-state index contributed by atoms with van der Waals surface area (Å²) in [5, 5.41) is 10.5. The lowest BCUT2D eigenvalue weighted by Crippen LogP contribution is -2.32. The molecule has 1 rings (SSSR count). The van der Waals surface area contributed by atoms with Gasteiger partial charge in [0, 0.05) is 28.6 Å². The molecule has 0 aliphatic carbocycles. The summed E-state index contributed by atoms with van der Waals surface area (Å²) in [5.74, 6) is 0. The zero-order valence-corrected chi connectivity index (χ0v) is 11.4. The van der Waals surface area contributed by atoms with E-state index >= 15 is 0 Å². The summed E-state index contributed by atoms with van der Waals surface area (Å²) in [6, 6.07) is 2.79. The Hall–Kier alpha value is 0.01000. The molecule has 2 nitrogen and oxygen atoms in total. The van der Waals surface area contributed by atoms with E-state index < -0.39 is 11.5 Å². The number of benzene rings is 1. The zero-order chi connectivity index (χ0) is 12.5. The largest absolute Gasteiger partial charge is 0.396 e. The molecule has 0 bridgehead atoms. The second-order valence-corrected chi connectivity index (χ2v) is 5.57. The molecular formula is C11H14Cl3NO. The van der Waals surface area contributed by atoms with Crippen molar-refractivity contribution in [1.29, 1.82) is 0 Å². The van der Waals surface area contributed by atoms with E-state index in [4.69, 9.17) is 40.5 Å². The first kappa shape index (κ1) is 14.1. The van der Waals surface area contributed by atoms with Crippen LogP contribution in [0.25, 0.3) is 0 Å². The fourth-order valence-electron chi connectivity index (χ4n) is 1.32. The van der Waals surface area contributed by atoms with Gasteiger partial charge in [-0.15, -0.1) is 0 Å². The predicted octanol–water partition coefficient (Wildman–Crippen LogP) is 3.67. The highest BCUT2D eigenvalue weighted by Crippen LogP contribution is 2.41. The lowest BCUT2D eigenvalue weighted by molar-refractivity contribution is 0.132. The fourth-order valence-corrected chi connectivity index (χ4v) is 2.09. The number of aliphatic hydroxyl groups excluding tert-OH is 1. The van der Waals surface area contributed by atoms with E-state index in [1.54, 1.807) is 12.1 Å². The Balaban J connectivity index is 3.28. The molecule has 0 unspecified atom stereocenters. The van der Waals surface area contributed by atoms with E-state index in [9.17, 15) is 5.11 Å². The maximum atomic E-state index is 9.28. The average molecular weight is 283 g/mol. The molecule has 0 radical (unpaired) electrons. The topological polar surface area (TPSA) is 46.2 Å². The van der Waals surface area contributed by atoms with Gasteiger partial charge < -0.3 is 10.8 Å². The van der Waals surface area contributed by atoms with Crippen LogP contribution in [0.3, 0.4) is 0 Å². The SMILES string of the molecule is CC(C)(CO)[C@@H](N)c1c(Cl)ccc(Cl)c1Cl. The van der Waals surface area contributed by atoms with Gasteiger partial charge in [-0.25, -0.2) is 0 Å². The highest BCUT2D eigenvalue weighted by Gasteiger charge is 2.30. The maximum absolute atomic E-state index is 9.28. The molecule has 1 atom stereocenters. The molecule has 0 saturated carbocycles. The summed E-state index contributed by atoms with van der Waals surface area (Å²) < 4.78 is 0. The Bertz CT molecular complexity index is 393. The number of nitrogens with two attached hydrogens (primary N) is 1. The van der Waals surface area contributed by atoms with Gasteiger partial charge >= 0.3 is 0 Å². The minimum Gasteiger partial charge on any atom is -0.396 e. The number of aliphatic hydroxyl groups is 1. The maximum Gasteiger partial charge on any atom is 0.0655 e. The monoisotopic (exact) mass is 281 g/mol. The number of rotatable bonds is 3. The van der Waals surface area contributed by atoms with Gasteiger partial charge in [0.2, 0.25) is 0 Å². The smallest absolute Gasteiger partial charge is 0.0655 e. The molecule has 16 heavy (non-hydrogen) atoms. The summed E-state index contributed by atoms with van der Waals surface area (Å²) in [4.78, 5) is 0. The molecule has 0 amide bonds. The van der Waals surface area contributed by atoms with Gasteiger partial charge in [-0.3, -0.25) is 0 Å². The van der Waals surface area contributed by atoms with Crippen LogP contribution in [0.4, 0.5) is 0 Å². The van der Waals surface area contributed by atoms with Gasteiger partial charge in [0.25, 0.3) is 0 Å². The van der Waals surface area contributed by atoms with E-state index in [1.165, 1.54) is 0 Å². The Kier molecular flexibility index (Phi) is 4.49. The van der Waals surface area contributed by atoms with Crippen molar-refractivity contribution in [2.75, 3.05) is 6.61 Å². The highest BCUT2D eigenvalue weighted by atomic mass is 35.5. The summed E-state index contributed by atoms with van der Waals surface area (Å²) >= 11 is 18.0. The number of hydrogen-bond acceptors (Lipinski definition) is 2. The van der Waals surface area contributed by atoms with Crippen LogP contribution in [-0.4, -0.2) is 11.7 Å². The lowest BCUT2D eigenvalue weighted by Gasteiger charge is -2.31. The van der Waals surface area contributed by atoms with Crippen molar-refractivity contribution in [2.45, 2.75) is 19.9 Å². The zero-order valence-electron chi connectivity index (χ0n) is 9.10. The van der Waals surface area contributed by atoms with Gasteiger partial charge in [-0.1, -0.05) is 48.7 Å². The minimum atomic E-state index is -0.516. The summed E-state index contributed by atoms with van der Waals surface area (Å²) in [7, 11) is 0. The van der Waals surface area contributed by atoms with Gasteiger partial charge in [-0.05, 0) is 12.1 Å². The Morgan fingerprint density at radius 3 is 2.25 bits per heavy atom. The van der Waals surface area contributed by atoms with E-state index in [0.717, 1.165) is 0 Å². The third kappa shape index (κ3) is 2.63. The second kappa shape index (κ2) is 5.11. The van der Waals surface area contributed by atoms with Crippen molar-refractivity contribution in [3.63, 3.8) is 0 Å². The molecule has 0 fully saturated rings. The molecule has 1 aromatic rings. The van der Waals surface area contributed by atoms with E-state index in [2.05, 4.69) is 0 Å². The van der Waals surface area contributed by atoms with Crippen LogP contribution in [0.15, 0.2) is 12.1 Å². The van der Waals surface area contributed by atoms with Crippen LogP contribution in [0, 0.1) is 5.41 Å². The summed E-state index contributed by atoms with van der Waals surface area (Å²) in [6.07, 6.45) is 0. The summed E-state index contributed by atoms with van der Waals surface area (Å²) in [6.45, 7) is 3.61. The molecule has 0 heterocycles. The lowest BCUT2D eigenvalue weighted by atomic mass is 9.82. The third-order valence-corrected chi connectivity index (χ3v) is 3.79. The molecule has 0 aromatic heterocycles. The molecule has 90 valence electrons. The van der Waals surface area contributed by atoms with Gasteiger partial charge in [-0.2, -0.15) is 0 Å². The first-order chi connectivity index (χ1) is 7.31. The van der Waals surface area contributed by atoms with Crippen molar-refractivity contribution in [3.8, 4) is 0 Å². The Morgan fingerprint density at radius 1 is 1.25 bits per heavy atom. The van der Waals surface area contributed by atoms with Gasteiger partial charge in [0.15, 0.2) is 0 Å². The first-order valence-corrected chi connectivity index (χ1v) is 5.94. The van der Waals surface area contributed by atoms with E-state index in [-0.39, 0.29) is 6.61 Å². The highest BCUT2D eigenvalue weighted by molar-refractivity contribution is 6.44. The standard InChI is InChI=1S/C11H14Cl3NO/c1-11(2,5-16)10(15)8-6(12)3-4-7(13)9(8)14/h3-4,10,16H,5,15H2,1-2H3/t10-/m0/s1. The molecule has 0 spiro atoms. The second-order valence-electron chi connectivity index (χ2n) is 4.38. The van der Waals surface area contributed by atoms with E-state index in [1.807, 2.05) is 13.8 Å². The Labute approximate surface area is 110 Å². The predicted molar refractivity (Wildman–Crippen MR) is 69.3 cm³/mol. The first-order valence-electron chi connectivity index (χ1n) is 4.81. The normalized spacial score (nSPS) is 13.9. The number of hydrogen-bond donors (Lipinski definition) is 2. The molecule has 5 heteroatoms. The van der Waals surface area contributed by atoms with E-state index in [0.29, 0.717) is 20.6 Å². The quantitative estimate of drug-likeness (QED) is 0.831. The van der Waals surface area contributed by atoms with Crippen molar-refractivity contribution < 1.29 is 5.11 Å². The Morgan fingerprint density at radius 2 is 1.75 bits per heavy atom. The van der Waals surface area contributed by atoms with Crippen molar-refractivity contribution in [2.24, 2.45) is 11.1 Å². The molecule has 1 aromatic carbocycles. The van der Waals surface area contributed by atoms with Crippen LogP contribution >= 0.6 is 34.8 Å². The fraction of sp³-hybridized carbons (Fsp3) is 0.455. The molecule has 0 saturated heterocycles. The van der Waals surface area contributed by atoms with Crippen LogP contribution in [0.5, 0.6) is 0 Å². The van der Waals surface area contributed by atoms with Crippen LogP contribution in [0.2, 0.25) is 15.1 Å². The molecule has 0 aliphatic rings. The van der Waals surface area contributed by atoms with Crippen LogP contribution in [0.1, 0.15) is 25.5 Å². The average Bonchev–Trinajstić information content (AvgIpc) is 2.24. The third-order valence-electron chi connectivity index (χ3n) is 2.64. The summed E-state index contributed by atoms with van der Waals surface area (Å²) in [5.41, 5.74) is 6.13. The van der Waals surface area contributed by atoms with Crippen LogP contribution in [-0.2, 0) is 0 Å². The van der Waals surface area contributed by atoms with Gasteiger partial charge in [0.05, 0.1) is 10.0 Å². The molecule has 0 aliphatic heterocycles. The van der Waals surface area contributed by atoms with Crippen molar-refractivity contribution in [3.05, 3.63) is 32.8 Å². The molecule has 3 N–H and O–H groups in total. The molecular weight excluding hydrogens is 268 g/mol. The van der Waals surface area contributed by atoms with Crippen LogP contribution < -0.4 is 5.73 Å². The minimum absolute atomic E-state index is 0.0622. The van der Waals surface area contributed by atoms with Crippen molar-refractivity contribution >= 4 is 34.8 Å².